The summed E-state index contributed by atoms with van der Waals surface area (Å²) in [5, 5.41) is 3.06. The molecule has 0 saturated heterocycles. The van der Waals surface area contributed by atoms with Gasteiger partial charge in [0.1, 0.15) is 5.69 Å². The topological polar surface area (TPSA) is 42.0 Å². The first-order valence-electron chi connectivity index (χ1n) is 8.66. The predicted octanol–water partition coefficient (Wildman–Crippen LogP) is 4.15. The fourth-order valence-corrected chi connectivity index (χ4v) is 3.03. The van der Waals surface area contributed by atoms with Crippen molar-refractivity contribution in [2.45, 2.75) is 18.3 Å². The standard InChI is InChI=1S/C23H18N2O/c26-22(23(14-15-23)19-8-2-1-3-9-19)25-21-11-6-7-18(17-21)12-13-20-10-4-5-16-24-20/h1-11,16-17H,14-15H2,(H,25,26). The van der Waals surface area contributed by atoms with Crippen LogP contribution in [0.5, 0.6) is 0 Å². The Balaban J connectivity index is 1.51. The molecule has 3 heteroatoms. The molecule has 26 heavy (non-hydrogen) atoms. The van der Waals surface area contributed by atoms with Gasteiger partial charge >= 0.3 is 0 Å². The molecule has 1 fully saturated rings. The highest BCUT2D eigenvalue weighted by Gasteiger charge is 2.51. The fraction of sp³-hybridized carbons (Fsp3) is 0.130. The quantitative estimate of drug-likeness (QED) is 0.729. The first-order valence-corrected chi connectivity index (χ1v) is 8.66. The molecule has 0 radical (unpaired) electrons. The Morgan fingerprint density at radius 3 is 2.46 bits per heavy atom. The van der Waals surface area contributed by atoms with Crippen molar-refractivity contribution in [2.75, 3.05) is 5.32 Å². The molecule has 1 aliphatic rings. The van der Waals surface area contributed by atoms with Gasteiger partial charge in [-0.3, -0.25) is 4.79 Å². The number of nitrogens with zero attached hydrogens (tertiary/aromatic N) is 1. The van der Waals surface area contributed by atoms with Crippen LogP contribution >= 0.6 is 0 Å². The van der Waals surface area contributed by atoms with E-state index in [0.717, 1.165) is 35.3 Å². The van der Waals surface area contributed by atoms with Crippen molar-refractivity contribution in [2.24, 2.45) is 0 Å². The molecule has 0 aliphatic heterocycles. The van der Waals surface area contributed by atoms with Crippen LogP contribution in [0.2, 0.25) is 0 Å². The molecule has 3 nitrogen and oxygen atoms in total. The highest BCUT2D eigenvalue weighted by Crippen LogP contribution is 2.48. The Morgan fingerprint density at radius 1 is 0.923 bits per heavy atom. The normalized spacial score (nSPS) is 14.0. The number of aromatic nitrogens is 1. The minimum absolute atomic E-state index is 0.0542. The average Bonchev–Trinajstić information content (AvgIpc) is 3.50. The van der Waals surface area contributed by atoms with Crippen LogP contribution in [0.1, 0.15) is 29.7 Å². The average molecular weight is 338 g/mol. The van der Waals surface area contributed by atoms with E-state index in [9.17, 15) is 4.79 Å². The van der Waals surface area contributed by atoms with Gasteiger partial charge in [-0.05, 0) is 54.7 Å². The van der Waals surface area contributed by atoms with E-state index in [4.69, 9.17) is 0 Å². The molecule has 2 aromatic carbocycles. The molecule has 0 spiro atoms. The third-order valence-electron chi connectivity index (χ3n) is 4.63. The lowest BCUT2D eigenvalue weighted by molar-refractivity contribution is -0.118. The summed E-state index contributed by atoms with van der Waals surface area (Å²) < 4.78 is 0. The van der Waals surface area contributed by atoms with Crippen LogP contribution in [0.25, 0.3) is 0 Å². The summed E-state index contributed by atoms with van der Waals surface area (Å²) in [5.41, 5.74) is 3.05. The number of rotatable bonds is 3. The van der Waals surface area contributed by atoms with E-state index in [0.29, 0.717) is 0 Å². The number of hydrogen-bond acceptors (Lipinski definition) is 2. The van der Waals surface area contributed by atoms with E-state index in [-0.39, 0.29) is 11.3 Å². The van der Waals surface area contributed by atoms with E-state index >= 15 is 0 Å². The van der Waals surface area contributed by atoms with E-state index < -0.39 is 0 Å². The van der Waals surface area contributed by atoms with Gasteiger partial charge < -0.3 is 5.32 Å². The molecular formula is C23H18N2O. The van der Waals surface area contributed by atoms with Crippen molar-refractivity contribution in [3.63, 3.8) is 0 Å². The number of nitrogens with one attached hydrogen (secondary N) is 1. The van der Waals surface area contributed by atoms with Gasteiger partial charge in [0.25, 0.3) is 0 Å². The van der Waals surface area contributed by atoms with E-state index in [1.807, 2.05) is 72.8 Å². The summed E-state index contributed by atoms with van der Waals surface area (Å²) in [6, 6.07) is 23.3. The maximum atomic E-state index is 12.8. The first-order chi connectivity index (χ1) is 12.8. The summed E-state index contributed by atoms with van der Waals surface area (Å²) in [5.74, 6) is 6.19. The molecular weight excluding hydrogens is 320 g/mol. The van der Waals surface area contributed by atoms with E-state index in [1.165, 1.54) is 0 Å². The van der Waals surface area contributed by atoms with Gasteiger partial charge in [-0.25, -0.2) is 4.98 Å². The van der Waals surface area contributed by atoms with Gasteiger partial charge in [-0.1, -0.05) is 48.4 Å². The first kappa shape index (κ1) is 16.1. The number of carbonyl (C=O) groups excluding carboxylic acids is 1. The molecule has 1 N–H and O–H groups in total. The van der Waals surface area contributed by atoms with Crippen molar-refractivity contribution < 1.29 is 4.79 Å². The van der Waals surface area contributed by atoms with Crippen LogP contribution in [-0.2, 0) is 10.2 Å². The maximum Gasteiger partial charge on any atom is 0.235 e. The fourth-order valence-electron chi connectivity index (χ4n) is 3.03. The van der Waals surface area contributed by atoms with Gasteiger partial charge in [0.15, 0.2) is 0 Å². The molecule has 1 saturated carbocycles. The Bertz CT molecular complexity index is 981. The molecule has 126 valence electrons. The Kier molecular flexibility index (Phi) is 4.25. The van der Waals surface area contributed by atoms with E-state index in [1.54, 1.807) is 6.20 Å². The molecule has 1 amide bonds. The molecule has 1 heterocycles. The van der Waals surface area contributed by atoms with Crippen LogP contribution in [-0.4, -0.2) is 10.9 Å². The zero-order valence-corrected chi connectivity index (χ0v) is 14.3. The van der Waals surface area contributed by atoms with Crippen molar-refractivity contribution in [3.8, 4) is 11.8 Å². The number of amides is 1. The molecule has 0 bridgehead atoms. The number of hydrogen-bond donors (Lipinski definition) is 1. The lowest BCUT2D eigenvalue weighted by atomic mass is 9.95. The molecule has 4 rings (SSSR count). The van der Waals surface area contributed by atoms with E-state index in [2.05, 4.69) is 22.1 Å². The summed E-state index contributed by atoms with van der Waals surface area (Å²) >= 11 is 0. The number of benzene rings is 2. The van der Waals surface area contributed by atoms with Gasteiger partial charge in [0, 0.05) is 17.4 Å². The zero-order valence-electron chi connectivity index (χ0n) is 14.3. The summed E-state index contributed by atoms with van der Waals surface area (Å²) in [6.07, 6.45) is 3.50. The lowest BCUT2D eigenvalue weighted by Gasteiger charge is -2.15. The summed E-state index contributed by atoms with van der Waals surface area (Å²) in [7, 11) is 0. The number of carbonyl (C=O) groups is 1. The molecule has 0 atom stereocenters. The van der Waals surface area contributed by atoms with Gasteiger partial charge in [-0.2, -0.15) is 0 Å². The smallest absolute Gasteiger partial charge is 0.235 e. The minimum atomic E-state index is -0.378. The van der Waals surface area contributed by atoms with Crippen LogP contribution in [0, 0.1) is 11.8 Å². The minimum Gasteiger partial charge on any atom is -0.325 e. The summed E-state index contributed by atoms with van der Waals surface area (Å²) in [4.78, 5) is 17.0. The molecule has 1 aromatic heterocycles. The summed E-state index contributed by atoms with van der Waals surface area (Å²) in [6.45, 7) is 0. The van der Waals surface area contributed by atoms with Crippen LogP contribution in [0.4, 0.5) is 5.69 Å². The van der Waals surface area contributed by atoms with Crippen LogP contribution in [0.15, 0.2) is 79.0 Å². The molecule has 1 aliphatic carbocycles. The second kappa shape index (κ2) is 6.85. The third kappa shape index (κ3) is 3.36. The van der Waals surface area contributed by atoms with Crippen molar-refractivity contribution in [1.82, 2.24) is 4.98 Å². The maximum absolute atomic E-state index is 12.8. The van der Waals surface area contributed by atoms with Crippen LogP contribution < -0.4 is 5.32 Å². The number of pyridine rings is 1. The van der Waals surface area contributed by atoms with Gasteiger partial charge in [0.05, 0.1) is 5.41 Å². The third-order valence-corrected chi connectivity index (χ3v) is 4.63. The Labute approximate surface area is 153 Å². The Hall–Kier alpha value is -3.38. The Morgan fingerprint density at radius 2 is 1.73 bits per heavy atom. The van der Waals surface area contributed by atoms with Crippen LogP contribution in [0.3, 0.4) is 0 Å². The highest BCUT2D eigenvalue weighted by atomic mass is 16.2. The van der Waals surface area contributed by atoms with Crippen molar-refractivity contribution in [3.05, 3.63) is 95.8 Å². The highest BCUT2D eigenvalue weighted by molar-refractivity contribution is 6.01. The lowest BCUT2D eigenvalue weighted by Crippen LogP contribution is -2.27. The van der Waals surface area contributed by atoms with Gasteiger partial charge in [-0.15, -0.1) is 0 Å². The van der Waals surface area contributed by atoms with Crippen molar-refractivity contribution >= 4 is 11.6 Å². The SMILES string of the molecule is O=C(Nc1cccc(C#Cc2ccccn2)c1)C1(c2ccccc2)CC1. The zero-order chi connectivity index (χ0) is 17.8. The molecule has 0 unspecified atom stereocenters. The predicted molar refractivity (Wildman–Crippen MR) is 103 cm³/mol. The second-order valence-electron chi connectivity index (χ2n) is 6.45. The number of anilines is 1. The van der Waals surface area contributed by atoms with Gasteiger partial charge in [0.2, 0.25) is 5.91 Å². The van der Waals surface area contributed by atoms with Crippen molar-refractivity contribution in [1.29, 1.82) is 0 Å². The second-order valence-corrected chi connectivity index (χ2v) is 6.45. The largest absolute Gasteiger partial charge is 0.325 e. The molecule has 3 aromatic rings. The monoisotopic (exact) mass is 338 g/mol.